The van der Waals surface area contributed by atoms with Gasteiger partial charge in [-0.2, -0.15) is 0 Å². The van der Waals surface area contributed by atoms with E-state index >= 15 is 0 Å². The summed E-state index contributed by atoms with van der Waals surface area (Å²) in [6, 6.07) is 4.31. The summed E-state index contributed by atoms with van der Waals surface area (Å²) in [6.45, 7) is 4.77. The molecule has 1 saturated carbocycles. The third kappa shape index (κ3) is 4.06. The molecule has 2 atom stereocenters. The van der Waals surface area contributed by atoms with Crippen LogP contribution in [0.3, 0.4) is 0 Å². The van der Waals surface area contributed by atoms with E-state index in [1.165, 1.54) is 6.07 Å². The molecule has 1 aliphatic carbocycles. The average Bonchev–Trinajstić information content (AvgIpc) is 3.36. The molecule has 1 amide bonds. The number of piperidine rings is 1. The highest BCUT2D eigenvalue weighted by Crippen LogP contribution is 2.49. The van der Waals surface area contributed by atoms with Crippen molar-refractivity contribution in [3.05, 3.63) is 35.4 Å². The van der Waals surface area contributed by atoms with Crippen LogP contribution in [0.4, 0.5) is 8.78 Å². The van der Waals surface area contributed by atoms with E-state index in [0.29, 0.717) is 6.04 Å². The Hall–Kier alpha value is -1.20. The Labute approximate surface area is 148 Å². The predicted octanol–water partition coefficient (Wildman–Crippen LogP) is 3.48. The quantitative estimate of drug-likeness (QED) is 0.874. The van der Waals surface area contributed by atoms with Crippen LogP contribution in [0.25, 0.3) is 0 Å². The van der Waals surface area contributed by atoms with Crippen LogP contribution in [0.5, 0.6) is 0 Å². The van der Waals surface area contributed by atoms with Gasteiger partial charge in [0.1, 0.15) is 0 Å². The average molecular weight is 359 g/mol. The van der Waals surface area contributed by atoms with Gasteiger partial charge in [0.25, 0.3) is 0 Å². The minimum absolute atomic E-state index is 0. The number of hydrogen-bond acceptors (Lipinski definition) is 2. The Morgan fingerprint density at radius 2 is 1.96 bits per heavy atom. The van der Waals surface area contributed by atoms with Crippen LogP contribution >= 0.6 is 12.4 Å². The van der Waals surface area contributed by atoms with Crippen molar-refractivity contribution in [2.24, 2.45) is 5.92 Å². The summed E-state index contributed by atoms with van der Waals surface area (Å²) in [5, 5.41) is 3.33. The lowest BCUT2D eigenvalue weighted by Gasteiger charge is -2.35. The Morgan fingerprint density at radius 3 is 2.58 bits per heavy atom. The zero-order valence-corrected chi connectivity index (χ0v) is 14.7. The predicted molar refractivity (Wildman–Crippen MR) is 92.3 cm³/mol. The summed E-state index contributed by atoms with van der Waals surface area (Å²) in [7, 11) is 0. The maximum Gasteiger partial charge on any atom is 0.226 e. The summed E-state index contributed by atoms with van der Waals surface area (Å²) >= 11 is 0. The number of halogens is 3. The Balaban J connectivity index is 0.00000208. The molecular weight excluding hydrogens is 334 g/mol. The molecule has 6 heteroatoms. The molecule has 1 aromatic rings. The van der Waals surface area contributed by atoms with E-state index in [4.69, 9.17) is 0 Å². The number of benzene rings is 1. The minimum atomic E-state index is -0.834. The molecule has 0 aromatic heterocycles. The summed E-state index contributed by atoms with van der Waals surface area (Å²) < 4.78 is 26.4. The fraction of sp³-hybridized carbons (Fsp3) is 0.611. The molecule has 2 unspecified atom stereocenters. The molecule has 2 aliphatic rings. The van der Waals surface area contributed by atoms with Gasteiger partial charge < -0.3 is 10.2 Å². The topological polar surface area (TPSA) is 32.3 Å². The Kier molecular flexibility index (Phi) is 6.58. The first-order chi connectivity index (χ1) is 11.1. The van der Waals surface area contributed by atoms with Crippen molar-refractivity contribution >= 4 is 18.3 Å². The number of rotatable bonds is 5. The van der Waals surface area contributed by atoms with E-state index in [1.807, 2.05) is 4.90 Å². The second-order valence-corrected chi connectivity index (χ2v) is 6.64. The Morgan fingerprint density at radius 1 is 1.25 bits per heavy atom. The van der Waals surface area contributed by atoms with Gasteiger partial charge >= 0.3 is 0 Å². The molecule has 134 valence electrons. The van der Waals surface area contributed by atoms with Crippen molar-refractivity contribution in [3.63, 3.8) is 0 Å². The van der Waals surface area contributed by atoms with Gasteiger partial charge in [-0.15, -0.1) is 12.4 Å². The molecule has 1 aliphatic heterocycles. The number of nitrogens with one attached hydrogen (secondary N) is 1. The largest absolute Gasteiger partial charge is 0.339 e. The van der Waals surface area contributed by atoms with E-state index in [0.717, 1.165) is 56.9 Å². The van der Waals surface area contributed by atoms with Crippen LogP contribution in [-0.2, 0) is 4.79 Å². The van der Waals surface area contributed by atoms with E-state index in [2.05, 4.69) is 12.2 Å². The van der Waals surface area contributed by atoms with E-state index in [1.54, 1.807) is 6.07 Å². The highest BCUT2D eigenvalue weighted by molar-refractivity contribution is 5.85. The molecule has 24 heavy (non-hydrogen) atoms. The molecule has 3 rings (SSSR count). The standard InChI is InChI=1S/C18H24F2N2O.ClH/c1-2-9-22(13-5-7-21-8-6-13)18(23)15-11-14(15)12-3-4-16(19)17(20)10-12;/h3-4,10,13-15,21H,2,5-9,11H2,1H3;1H. The monoisotopic (exact) mass is 358 g/mol. The minimum Gasteiger partial charge on any atom is -0.339 e. The van der Waals surface area contributed by atoms with E-state index in [9.17, 15) is 13.6 Å². The number of hydrogen-bond donors (Lipinski definition) is 1. The molecule has 0 spiro atoms. The zero-order chi connectivity index (χ0) is 16.4. The third-order valence-electron chi connectivity index (χ3n) is 4.98. The van der Waals surface area contributed by atoms with Crippen molar-refractivity contribution in [2.75, 3.05) is 19.6 Å². The maximum atomic E-state index is 13.4. The summed E-state index contributed by atoms with van der Waals surface area (Å²) in [4.78, 5) is 14.9. The number of carbonyl (C=O) groups excluding carboxylic acids is 1. The van der Waals surface area contributed by atoms with Crippen LogP contribution < -0.4 is 5.32 Å². The molecule has 1 saturated heterocycles. The maximum absolute atomic E-state index is 13.4. The highest BCUT2D eigenvalue weighted by Gasteiger charge is 2.46. The van der Waals surface area contributed by atoms with Gasteiger partial charge in [0.05, 0.1) is 0 Å². The van der Waals surface area contributed by atoms with Crippen LogP contribution in [-0.4, -0.2) is 36.5 Å². The van der Waals surface area contributed by atoms with Crippen LogP contribution in [0.2, 0.25) is 0 Å². The van der Waals surface area contributed by atoms with Crippen molar-refractivity contribution in [2.45, 2.75) is 44.6 Å². The first kappa shape index (κ1) is 19.1. The first-order valence-corrected chi connectivity index (χ1v) is 8.58. The van der Waals surface area contributed by atoms with Crippen molar-refractivity contribution in [1.29, 1.82) is 0 Å². The van der Waals surface area contributed by atoms with Gasteiger partial charge in [-0.25, -0.2) is 8.78 Å². The molecule has 0 radical (unpaired) electrons. The van der Waals surface area contributed by atoms with E-state index < -0.39 is 11.6 Å². The fourth-order valence-electron chi connectivity index (χ4n) is 3.62. The summed E-state index contributed by atoms with van der Waals surface area (Å²) in [6.07, 6.45) is 3.68. The van der Waals surface area contributed by atoms with Crippen LogP contribution in [0.15, 0.2) is 18.2 Å². The van der Waals surface area contributed by atoms with Gasteiger partial charge in [0.15, 0.2) is 11.6 Å². The Bertz CT molecular complexity index is 578. The summed E-state index contributed by atoms with van der Waals surface area (Å²) in [5.74, 6) is -1.50. The first-order valence-electron chi connectivity index (χ1n) is 8.58. The van der Waals surface area contributed by atoms with Crippen LogP contribution in [0.1, 0.15) is 44.1 Å². The molecule has 3 nitrogen and oxygen atoms in total. The third-order valence-corrected chi connectivity index (χ3v) is 4.98. The second-order valence-electron chi connectivity index (χ2n) is 6.64. The molecule has 1 heterocycles. The van der Waals surface area contributed by atoms with E-state index in [-0.39, 0.29) is 30.2 Å². The zero-order valence-electron chi connectivity index (χ0n) is 13.9. The number of amides is 1. The van der Waals surface area contributed by atoms with Gasteiger partial charge in [0, 0.05) is 18.5 Å². The molecule has 1 N–H and O–H groups in total. The summed E-state index contributed by atoms with van der Waals surface area (Å²) in [5.41, 5.74) is 0.740. The lowest BCUT2D eigenvalue weighted by atomic mass is 10.0. The normalized spacial score (nSPS) is 23.5. The molecular formula is C18H25ClF2N2O. The number of nitrogens with zero attached hydrogens (tertiary/aromatic N) is 1. The van der Waals surface area contributed by atoms with Gasteiger partial charge in [0.2, 0.25) is 5.91 Å². The van der Waals surface area contributed by atoms with Crippen molar-refractivity contribution in [3.8, 4) is 0 Å². The van der Waals surface area contributed by atoms with Crippen LogP contribution in [0, 0.1) is 17.6 Å². The van der Waals surface area contributed by atoms with Crippen molar-refractivity contribution in [1.82, 2.24) is 10.2 Å². The molecule has 0 bridgehead atoms. The van der Waals surface area contributed by atoms with Gasteiger partial charge in [-0.1, -0.05) is 13.0 Å². The highest BCUT2D eigenvalue weighted by atomic mass is 35.5. The van der Waals surface area contributed by atoms with Gasteiger partial charge in [-0.3, -0.25) is 4.79 Å². The molecule has 1 aromatic carbocycles. The van der Waals surface area contributed by atoms with Crippen molar-refractivity contribution < 1.29 is 13.6 Å². The SMILES string of the molecule is CCCN(C(=O)C1CC1c1ccc(F)c(F)c1)C1CCNCC1.Cl. The smallest absolute Gasteiger partial charge is 0.226 e. The fourth-order valence-corrected chi connectivity index (χ4v) is 3.62. The molecule has 2 fully saturated rings. The lowest BCUT2D eigenvalue weighted by Crippen LogP contribution is -2.47. The second kappa shape index (κ2) is 8.26. The lowest BCUT2D eigenvalue weighted by molar-refractivity contribution is -0.135. The number of carbonyl (C=O) groups is 1. The van der Waals surface area contributed by atoms with Gasteiger partial charge in [-0.05, 0) is 62.4 Å².